The number of unbranched alkanes of at least 4 members (excludes halogenated alkanes) is 5. The molecule has 0 N–H and O–H groups in total. The van der Waals surface area contributed by atoms with Crippen molar-refractivity contribution in [1.82, 2.24) is 0 Å². The van der Waals surface area contributed by atoms with Crippen LogP contribution in [-0.2, 0) is 6.42 Å². The molecule has 0 bridgehead atoms. The van der Waals surface area contributed by atoms with Crippen LogP contribution in [0.15, 0.2) is 58.8 Å². The molecule has 0 aliphatic heterocycles. The molecule has 0 aliphatic carbocycles. The van der Waals surface area contributed by atoms with E-state index < -0.39 is 0 Å². The molecule has 0 aliphatic rings. The van der Waals surface area contributed by atoms with Gasteiger partial charge in [-0.1, -0.05) is 51.2 Å². The molecule has 0 saturated carbocycles. The summed E-state index contributed by atoms with van der Waals surface area (Å²) in [6.45, 7) is 3.93. The van der Waals surface area contributed by atoms with E-state index in [2.05, 4.69) is 62.6 Å². The van der Waals surface area contributed by atoms with Gasteiger partial charge in [-0.05, 0) is 54.8 Å². The minimum atomic E-state index is 0.704. The van der Waals surface area contributed by atoms with Crippen molar-refractivity contribution < 1.29 is 9.22 Å². The van der Waals surface area contributed by atoms with Gasteiger partial charge in [-0.25, -0.2) is 0 Å². The maximum Gasteiger partial charge on any atom is 0.137 e. The van der Waals surface area contributed by atoms with E-state index in [4.69, 9.17) is 4.74 Å². The zero-order valence-electron chi connectivity index (χ0n) is 18.7. The van der Waals surface area contributed by atoms with Gasteiger partial charge in [0.1, 0.15) is 18.9 Å². The van der Waals surface area contributed by atoms with Crippen LogP contribution in [0.5, 0.6) is 5.75 Å². The quantitative estimate of drug-likeness (QED) is 0.202. The number of aryl methyl sites for hydroxylation is 1. The van der Waals surface area contributed by atoms with Crippen molar-refractivity contribution in [3.63, 3.8) is 0 Å². The van der Waals surface area contributed by atoms with Crippen molar-refractivity contribution in [2.45, 2.75) is 51.9 Å². The monoisotopic (exact) mass is 396 g/mol. The molecule has 2 aromatic rings. The molecule has 0 spiro atoms. The Morgan fingerprint density at radius 2 is 1.28 bits per heavy atom. The van der Waals surface area contributed by atoms with E-state index in [9.17, 15) is 0 Å². The van der Waals surface area contributed by atoms with Crippen LogP contribution in [0, 0.1) is 0 Å². The summed E-state index contributed by atoms with van der Waals surface area (Å²) in [5.74, 6) is 0.872. The lowest BCUT2D eigenvalue weighted by Crippen LogP contribution is -2.38. The Kier molecular flexibility index (Phi) is 9.85. The second-order valence-electron chi connectivity index (χ2n) is 8.74. The molecule has 0 amide bonds. The van der Waals surface area contributed by atoms with Gasteiger partial charge >= 0.3 is 0 Å². The topological polar surface area (TPSA) is 34.0 Å². The summed E-state index contributed by atoms with van der Waals surface area (Å²) in [6, 6.07) is 16.2. The Hall–Kier alpha value is -2.20. The first-order valence-corrected chi connectivity index (χ1v) is 11.0. The summed E-state index contributed by atoms with van der Waals surface area (Å²) in [5.41, 5.74) is 3.11. The van der Waals surface area contributed by atoms with Crippen LogP contribution in [0.2, 0.25) is 0 Å². The van der Waals surface area contributed by atoms with Gasteiger partial charge in [0.25, 0.3) is 0 Å². The predicted molar refractivity (Wildman–Crippen MR) is 123 cm³/mol. The Labute approximate surface area is 177 Å². The minimum Gasteiger partial charge on any atom is -0.488 e. The van der Waals surface area contributed by atoms with Crippen molar-refractivity contribution in [1.29, 1.82) is 0 Å². The average Bonchev–Trinajstić information content (AvgIpc) is 2.70. The number of azo groups is 1. The molecule has 0 radical (unpaired) electrons. The predicted octanol–water partition coefficient (Wildman–Crippen LogP) is 7.09. The van der Waals surface area contributed by atoms with E-state index in [0.29, 0.717) is 6.61 Å². The molecule has 158 valence electrons. The van der Waals surface area contributed by atoms with E-state index in [-0.39, 0.29) is 0 Å². The van der Waals surface area contributed by atoms with Gasteiger partial charge in [0.2, 0.25) is 0 Å². The largest absolute Gasteiger partial charge is 0.488 e. The third-order valence-corrected chi connectivity index (χ3v) is 4.90. The normalized spacial score (nSPS) is 11.9. The lowest BCUT2D eigenvalue weighted by Gasteiger charge is -2.23. The first kappa shape index (κ1) is 23.1. The van der Waals surface area contributed by atoms with E-state index in [0.717, 1.165) is 34.6 Å². The van der Waals surface area contributed by atoms with Gasteiger partial charge in [0, 0.05) is 0 Å². The first-order chi connectivity index (χ1) is 14.0. The molecule has 0 heterocycles. The molecule has 4 nitrogen and oxygen atoms in total. The zero-order valence-corrected chi connectivity index (χ0v) is 18.7. The fraction of sp³-hybridized carbons (Fsp3) is 0.520. The number of nitrogens with zero attached hydrogens (tertiary/aromatic N) is 3. The molecule has 4 heteroatoms. The van der Waals surface area contributed by atoms with Crippen LogP contribution < -0.4 is 4.74 Å². The van der Waals surface area contributed by atoms with Gasteiger partial charge in [-0.3, -0.25) is 0 Å². The number of hydrogen-bond acceptors (Lipinski definition) is 3. The molecule has 2 rings (SSSR count). The molecule has 0 atom stereocenters. The zero-order chi connectivity index (χ0) is 21.0. The molecular weight excluding hydrogens is 358 g/mol. The van der Waals surface area contributed by atoms with Gasteiger partial charge < -0.3 is 9.22 Å². The number of benzene rings is 2. The van der Waals surface area contributed by atoms with Crippen LogP contribution in [0.1, 0.15) is 51.0 Å². The first-order valence-electron chi connectivity index (χ1n) is 11.0. The summed E-state index contributed by atoms with van der Waals surface area (Å²) < 4.78 is 6.68. The van der Waals surface area contributed by atoms with Gasteiger partial charge in [-0.2, -0.15) is 10.2 Å². The summed E-state index contributed by atoms with van der Waals surface area (Å²) in [7, 11) is 6.48. The summed E-state index contributed by atoms with van der Waals surface area (Å²) in [6.07, 6.45) is 9.17. The minimum absolute atomic E-state index is 0.704. The van der Waals surface area contributed by atoms with Crippen LogP contribution in [0.25, 0.3) is 0 Å². The highest BCUT2D eigenvalue weighted by Gasteiger charge is 2.06. The molecular formula is C25H38N3O+. The van der Waals surface area contributed by atoms with E-state index in [1.165, 1.54) is 44.1 Å². The van der Waals surface area contributed by atoms with Gasteiger partial charge in [-0.15, -0.1) is 0 Å². The second-order valence-corrected chi connectivity index (χ2v) is 8.74. The highest BCUT2D eigenvalue weighted by molar-refractivity contribution is 5.43. The van der Waals surface area contributed by atoms with Gasteiger partial charge in [0.15, 0.2) is 0 Å². The fourth-order valence-corrected chi connectivity index (χ4v) is 3.00. The maximum absolute atomic E-state index is 5.78. The van der Waals surface area contributed by atoms with Crippen LogP contribution in [0.4, 0.5) is 11.4 Å². The number of ether oxygens (including phenoxy) is 1. The Bertz CT molecular complexity index is 715. The smallest absolute Gasteiger partial charge is 0.137 e. The van der Waals surface area contributed by atoms with Crippen molar-refractivity contribution in [3.8, 4) is 5.75 Å². The molecule has 0 aromatic heterocycles. The van der Waals surface area contributed by atoms with Crippen molar-refractivity contribution >= 4 is 11.4 Å². The Balaban J connectivity index is 1.75. The van der Waals surface area contributed by atoms with E-state index in [1.54, 1.807) is 0 Å². The summed E-state index contributed by atoms with van der Waals surface area (Å²) >= 11 is 0. The van der Waals surface area contributed by atoms with E-state index in [1.807, 2.05) is 24.3 Å². The fourth-order valence-electron chi connectivity index (χ4n) is 3.00. The number of quaternary nitrogens is 1. The maximum atomic E-state index is 5.78. The van der Waals surface area contributed by atoms with Crippen molar-refractivity contribution in [2.75, 3.05) is 34.3 Å². The second kappa shape index (κ2) is 12.4. The van der Waals surface area contributed by atoms with E-state index >= 15 is 0 Å². The highest BCUT2D eigenvalue weighted by atomic mass is 16.5. The van der Waals surface area contributed by atoms with Gasteiger partial charge in [0.05, 0.1) is 32.5 Å². The number of likely N-dealkylation sites (N-methyl/N-ethyl adjacent to an activating group) is 1. The van der Waals surface area contributed by atoms with Crippen molar-refractivity contribution in [2.24, 2.45) is 10.2 Å². The lowest BCUT2D eigenvalue weighted by atomic mass is 10.0. The third kappa shape index (κ3) is 10.2. The number of hydrogen-bond donors (Lipinski definition) is 0. The summed E-state index contributed by atoms with van der Waals surface area (Å²) in [5, 5.41) is 8.69. The number of rotatable bonds is 13. The molecule has 0 saturated heterocycles. The van der Waals surface area contributed by atoms with Crippen LogP contribution in [-0.4, -0.2) is 38.8 Å². The Morgan fingerprint density at radius 1 is 0.724 bits per heavy atom. The highest BCUT2D eigenvalue weighted by Crippen LogP contribution is 2.22. The molecule has 0 fully saturated rings. The molecule has 0 unspecified atom stereocenters. The van der Waals surface area contributed by atoms with Crippen LogP contribution >= 0.6 is 0 Å². The van der Waals surface area contributed by atoms with Crippen LogP contribution in [0.3, 0.4) is 0 Å². The lowest BCUT2D eigenvalue weighted by molar-refractivity contribution is -0.870. The SMILES string of the molecule is CCCCCCCCc1ccc(N=Nc2ccc(OCC[N+](C)(C)C)cc2)cc1. The molecule has 2 aromatic carbocycles. The average molecular weight is 397 g/mol. The molecule has 29 heavy (non-hydrogen) atoms. The Morgan fingerprint density at radius 3 is 1.86 bits per heavy atom. The summed E-state index contributed by atoms with van der Waals surface area (Å²) in [4.78, 5) is 0. The van der Waals surface area contributed by atoms with Crippen molar-refractivity contribution in [3.05, 3.63) is 54.1 Å². The standard InChI is InChI=1S/C25H38N3O/c1-5-6-7-8-9-10-11-22-12-14-23(15-13-22)26-27-24-16-18-25(19-17-24)29-21-20-28(2,3)4/h12-19H,5-11,20-21H2,1-4H3/q+1. The third-order valence-electron chi connectivity index (χ3n) is 4.90.